The monoisotopic (exact) mass is 290 g/mol. The molecule has 6 heteroatoms. The summed E-state index contributed by atoms with van der Waals surface area (Å²) in [5.74, 6) is 0.146. The number of carbonyl (C=O) groups is 2. The van der Waals surface area contributed by atoms with Gasteiger partial charge in [-0.15, -0.1) is 0 Å². The second-order valence-electron chi connectivity index (χ2n) is 5.81. The van der Waals surface area contributed by atoms with Crippen LogP contribution in [0, 0.1) is 0 Å². The fraction of sp³-hybridized carbons (Fsp3) is 0.667. The van der Waals surface area contributed by atoms with Gasteiger partial charge in [-0.25, -0.2) is 0 Å². The SMILES string of the molecule is CCc1nn(C)cc1N1C(=O)C2CCCN2C(=O)C1CC. The van der Waals surface area contributed by atoms with Crippen LogP contribution in [0.1, 0.15) is 38.8 Å². The highest BCUT2D eigenvalue weighted by Gasteiger charge is 2.48. The first-order valence-electron chi connectivity index (χ1n) is 7.74. The number of amides is 2. The summed E-state index contributed by atoms with van der Waals surface area (Å²) in [6, 6.07) is -0.661. The van der Waals surface area contributed by atoms with Crippen molar-refractivity contribution in [3.05, 3.63) is 11.9 Å². The highest BCUT2D eigenvalue weighted by molar-refractivity contribution is 6.08. The van der Waals surface area contributed by atoms with E-state index in [1.165, 1.54) is 0 Å². The van der Waals surface area contributed by atoms with E-state index in [1.807, 2.05) is 27.1 Å². The average molecular weight is 290 g/mol. The molecule has 1 aromatic heterocycles. The minimum absolute atomic E-state index is 0.0571. The van der Waals surface area contributed by atoms with Crippen LogP contribution in [0.15, 0.2) is 6.20 Å². The van der Waals surface area contributed by atoms with E-state index in [-0.39, 0.29) is 23.9 Å². The summed E-state index contributed by atoms with van der Waals surface area (Å²) in [5.41, 5.74) is 1.68. The van der Waals surface area contributed by atoms with Crippen LogP contribution in [0.3, 0.4) is 0 Å². The van der Waals surface area contributed by atoms with Crippen LogP contribution in [-0.4, -0.2) is 45.1 Å². The van der Waals surface area contributed by atoms with Gasteiger partial charge < -0.3 is 4.90 Å². The average Bonchev–Trinajstić information content (AvgIpc) is 3.08. The first-order valence-corrected chi connectivity index (χ1v) is 7.74. The maximum Gasteiger partial charge on any atom is 0.250 e. The van der Waals surface area contributed by atoms with Gasteiger partial charge >= 0.3 is 0 Å². The van der Waals surface area contributed by atoms with E-state index < -0.39 is 0 Å². The van der Waals surface area contributed by atoms with E-state index in [2.05, 4.69) is 5.10 Å². The zero-order valence-corrected chi connectivity index (χ0v) is 12.9. The second kappa shape index (κ2) is 5.16. The minimum Gasteiger partial charge on any atom is -0.329 e. The maximum atomic E-state index is 12.9. The Labute approximate surface area is 124 Å². The molecule has 6 nitrogen and oxygen atoms in total. The molecule has 1 aromatic rings. The molecule has 0 N–H and O–H groups in total. The van der Waals surface area contributed by atoms with Gasteiger partial charge in [0.25, 0.3) is 5.91 Å². The van der Waals surface area contributed by atoms with Crippen molar-refractivity contribution in [2.75, 3.05) is 11.4 Å². The molecule has 0 bridgehead atoms. The molecule has 0 radical (unpaired) electrons. The summed E-state index contributed by atoms with van der Waals surface area (Å²) < 4.78 is 1.72. The molecule has 2 aliphatic rings. The Morgan fingerprint density at radius 1 is 1.29 bits per heavy atom. The quantitative estimate of drug-likeness (QED) is 0.837. The second-order valence-corrected chi connectivity index (χ2v) is 5.81. The Bertz CT molecular complexity index is 580. The molecule has 2 aliphatic heterocycles. The Morgan fingerprint density at radius 2 is 2.05 bits per heavy atom. The molecule has 3 heterocycles. The van der Waals surface area contributed by atoms with Gasteiger partial charge in [-0.2, -0.15) is 5.10 Å². The van der Waals surface area contributed by atoms with Crippen LogP contribution in [0.25, 0.3) is 0 Å². The van der Waals surface area contributed by atoms with Gasteiger partial charge in [0.05, 0.1) is 11.4 Å². The van der Waals surface area contributed by atoms with E-state index >= 15 is 0 Å². The lowest BCUT2D eigenvalue weighted by atomic mass is 10.0. The molecule has 21 heavy (non-hydrogen) atoms. The predicted molar refractivity (Wildman–Crippen MR) is 78.9 cm³/mol. The minimum atomic E-state index is -0.388. The topological polar surface area (TPSA) is 58.4 Å². The van der Waals surface area contributed by atoms with E-state index in [1.54, 1.807) is 14.5 Å². The molecule has 2 unspecified atom stereocenters. The van der Waals surface area contributed by atoms with Crippen molar-refractivity contribution in [1.29, 1.82) is 0 Å². The van der Waals surface area contributed by atoms with Crippen molar-refractivity contribution in [3.8, 4) is 0 Å². The van der Waals surface area contributed by atoms with Crippen LogP contribution in [0.5, 0.6) is 0 Å². The molecule has 2 atom stereocenters. The maximum absolute atomic E-state index is 12.9. The van der Waals surface area contributed by atoms with Crippen molar-refractivity contribution in [1.82, 2.24) is 14.7 Å². The Morgan fingerprint density at radius 3 is 2.71 bits per heavy atom. The standard InChI is InChI=1S/C15H22N4O2/c1-4-10-13(9-17(3)16-10)19-11(5-2)14(20)18-8-6-7-12(18)15(19)21/h9,11-12H,4-8H2,1-3H3. The number of nitrogens with zero attached hydrogens (tertiary/aromatic N) is 4. The summed E-state index contributed by atoms with van der Waals surface area (Å²) >= 11 is 0. The molecular formula is C15H22N4O2. The first-order chi connectivity index (χ1) is 10.1. The zero-order chi connectivity index (χ0) is 15.1. The van der Waals surface area contributed by atoms with E-state index in [9.17, 15) is 9.59 Å². The molecule has 0 aliphatic carbocycles. The number of fused-ring (bicyclic) bond motifs is 1. The Kier molecular flexibility index (Phi) is 3.47. The predicted octanol–water partition coefficient (Wildman–Crippen LogP) is 1.10. The van der Waals surface area contributed by atoms with Crippen molar-refractivity contribution in [2.24, 2.45) is 7.05 Å². The van der Waals surface area contributed by atoms with Gasteiger partial charge in [-0.05, 0) is 25.7 Å². The highest BCUT2D eigenvalue weighted by Crippen LogP contribution is 2.33. The fourth-order valence-electron chi connectivity index (χ4n) is 3.52. The molecular weight excluding hydrogens is 268 g/mol. The number of hydrogen-bond acceptors (Lipinski definition) is 3. The third kappa shape index (κ3) is 2.04. The molecule has 3 rings (SSSR count). The molecule has 0 aromatic carbocycles. The van der Waals surface area contributed by atoms with Crippen LogP contribution in [0.4, 0.5) is 5.69 Å². The Hall–Kier alpha value is -1.85. The number of hydrogen-bond donors (Lipinski definition) is 0. The normalized spacial score (nSPS) is 25.7. The van der Waals surface area contributed by atoms with Gasteiger partial charge in [0.2, 0.25) is 5.91 Å². The number of anilines is 1. The zero-order valence-electron chi connectivity index (χ0n) is 12.9. The van der Waals surface area contributed by atoms with E-state index in [0.717, 1.165) is 30.6 Å². The lowest BCUT2D eigenvalue weighted by molar-refractivity contribution is -0.144. The highest BCUT2D eigenvalue weighted by atomic mass is 16.2. The van der Waals surface area contributed by atoms with Crippen molar-refractivity contribution in [3.63, 3.8) is 0 Å². The van der Waals surface area contributed by atoms with E-state index in [4.69, 9.17) is 0 Å². The van der Waals surface area contributed by atoms with Gasteiger partial charge in [-0.1, -0.05) is 13.8 Å². The number of carbonyl (C=O) groups excluding carboxylic acids is 2. The largest absolute Gasteiger partial charge is 0.329 e. The third-order valence-electron chi connectivity index (χ3n) is 4.52. The molecule has 2 fully saturated rings. The number of rotatable bonds is 3. The molecule has 114 valence electrons. The summed E-state index contributed by atoms with van der Waals surface area (Å²) in [6.07, 6.45) is 4.93. The van der Waals surface area contributed by atoms with Crippen molar-refractivity contribution < 1.29 is 9.59 Å². The number of piperazine rings is 1. The van der Waals surface area contributed by atoms with Crippen LogP contribution >= 0.6 is 0 Å². The summed E-state index contributed by atoms with van der Waals surface area (Å²) in [6.45, 7) is 4.69. The van der Waals surface area contributed by atoms with Gasteiger partial charge in [0.1, 0.15) is 12.1 Å². The van der Waals surface area contributed by atoms with Crippen molar-refractivity contribution >= 4 is 17.5 Å². The number of aromatic nitrogens is 2. The lowest BCUT2D eigenvalue weighted by Gasteiger charge is -2.41. The van der Waals surface area contributed by atoms with Crippen LogP contribution in [0.2, 0.25) is 0 Å². The molecule has 0 spiro atoms. The Balaban J connectivity index is 2.05. The molecule has 2 saturated heterocycles. The summed E-state index contributed by atoms with van der Waals surface area (Å²) in [5, 5.41) is 4.42. The lowest BCUT2D eigenvalue weighted by Crippen LogP contribution is -2.63. The fourth-order valence-corrected chi connectivity index (χ4v) is 3.52. The van der Waals surface area contributed by atoms with Gasteiger partial charge in [-0.3, -0.25) is 19.2 Å². The van der Waals surface area contributed by atoms with Crippen LogP contribution in [-0.2, 0) is 23.1 Å². The first kappa shape index (κ1) is 14.1. The van der Waals surface area contributed by atoms with Crippen LogP contribution < -0.4 is 4.90 Å². The smallest absolute Gasteiger partial charge is 0.250 e. The molecule has 0 saturated carbocycles. The number of aryl methyl sites for hydroxylation is 2. The van der Waals surface area contributed by atoms with Gasteiger partial charge in [0.15, 0.2) is 0 Å². The van der Waals surface area contributed by atoms with E-state index in [0.29, 0.717) is 13.0 Å². The summed E-state index contributed by atoms with van der Waals surface area (Å²) in [4.78, 5) is 29.1. The van der Waals surface area contributed by atoms with Crippen molar-refractivity contribution in [2.45, 2.75) is 51.6 Å². The third-order valence-corrected chi connectivity index (χ3v) is 4.52. The molecule has 2 amide bonds. The summed E-state index contributed by atoms with van der Waals surface area (Å²) in [7, 11) is 1.85. The van der Waals surface area contributed by atoms with Gasteiger partial charge in [0, 0.05) is 19.8 Å².